The Kier molecular flexibility index (Phi) is 3.05. The molecule has 0 heterocycles. The average Bonchev–Trinajstić information content (AvgIpc) is 2.65. The maximum Gasteiger partial charge on any atom is 0.142 e. The van der Waals surface area contributed by atoms with Gasteiger partial charge in [-0.05, 0) is 31.7 Å². The van der Waals surface area contributed by atoms with E-state index >= 15 is 0 Å². The number of Topliss-reactive ketones (excluding diaryl/α,β-unsaturated/α-hetero) is 2. The van der Waals surface area contributed by atoms with Crippen LogP contribution in [0, 0.1) is 12.3 Å². The summed E-state index contributed by atoms with van der Waals surface area (Å²) in [6, 6.07) is 8.09. The molecule has 2 atom stereocenters. The zero-order valence-corrected chi connectivity index (χ0v) is 11.8. The fraction of sp³-hybridized carbons (Fsp3) is 0.529. The summed E-state index contributed by atoms with van der Waals surface area (Å²) in [5, 5.41) is 10.9. The molecule has 3 rings (SSSR count). The molecule has 3 nitrogen and oxygen atoms in total. The van der Waals surface area contributed by atoms with E-state index in [9.17, 15) is 14.7 Å². The van der Waals surface area contributed by atoms with Crippen molar-refractivity contribution in [3.8, 4) is 0 Å². The van der Waals surface area contributed by atoms with E-state index in [1.165, 1.54) is 5.56 Å². The number of ketones is 2. The summed E-state index contributed by atoms with van der Waals surface area (Å²) < 4.78 is 0. The SMILES string of the molecule is Cc1ccc(C[C@]23CCC(=O)C[C@@]2(O)CCC3=O)cc1. The summed E-state index contributed by atoms with van der Waals surface area (Å²) in [7, 11) is 0. The lowest BCUT2D eigenvalue weighted by atomic mass is 9.61. The minimum atomic E-state index is -1.12. The van der Waals surface area contributed by atoms with E-state index < -0.39 is 11.0 Å². The van der Waals surface area contributed by atoms with Crippen LogP contribution in [0.4, 0.5) is 0 Å². The molecule has 0 amide bonds. The smallest absolute Gasteiger partial charge is 0.142 e. The van der Waals surface area contributed by atoms with E-state index in [1.807, 2.05) is 31.2 Å². The minimum absolute atomic E-state index is 0.0849. The molecule has 0 radical (unpaired) electrons. The van der Waals surface area contributed by atoms with Gasteiger partial charge in [-0.25, -0.2) is 0 Å². The number of aliphatic hydroxyl groups is 1. The molecule has 0 aliphatic heterocycles. The molecule has 2 fully saturated rings. The maximum atomic E-state index is 12.4. The van der Waals surface area contributed by atoms with E-state index in [0.717, 1.165) is 5.56 Å². The van der Waals surface area contributed by atoms with Gasteiger partial charge >= 0.3 is 0 Å². The third kappa shape index (κ3) is 1.92. The Labute approximate surface area is 119 Å². The molecule has 106 valence electrons. The third-order valence-electron chi connectivity index (χ3n) is 5.14. The first kappa shape index (κ1) is 13.5. The van der Waals surface area contributed by atoms with Gasteiger partial charge in [0.05, 0.1) is 11.0 Å². The van der Waals surface area contributed by atoms with Crippen molar-refractivity contribution in [2.75, 3.05) is 0 Å². The van der Waals surface area contributed by atoms with Crippen molar-refractivity contribution in [3.63, 3.8) is 0 Å². The summed E-state index contributed by atoms with van der Waals surface area (Å²) >= 11 is 0. The standard InChI is InChI=1S/C17H20O3/c1-12-2-4-13(5-3-12)10-16-8-6-14(18)11-17(16,20)9-7-15(16)19/h2-5,20H,6-11H2,1H3/t16-,17-/m0/s1. The molecule has 0 aromatic heterocycles. The molecule has 0 saturated heterocycles. The predicted octanol–water partition coefficient (Wildman–Crippen LogP) is 2.37. The molecular formula is C17H20O3. The number of rotatable bonds is 2. The van der Waals surface area contributed by atoms with Gasteiger partial charge in [0.1, 0.15) is 11.6 Å². The quantitative estimate of drug-likeness (QED) is 0.899. The Morgan fingerprint density at radius 1 is 1.10 bits per heavy atom. The molecule has 2 saturated carbocycles. The third-order valence-corrected chi connectivity index (χ3v) is 5.14. The highest BCUT2D eigenvalue weighted by molar-refractivity contribution is 5.93. The van der Waals surface area contributed by atoms with Crippen LogP contribution in [-0.2, 0) is 16.0 Å². The molecular weight excluding hydrogens is 252 g/mol. The van der Waals surface area contributed by atoms with E-state index in [2.05, 4.69) is 0 Å². The van der Waals surface area contributed by atoms with Gasteiger partial charge in [-0.3, -0.25) is 9.59 Å². The van der Waals surface area contributed by atoms with E-state index in [1.54, 1.807) is 0 Å². The Bertz CT molecular complexity index is 560. The van der Waals surface area contributed by atoms with Gasteiger partial charge in [-0.1, -0.05) is 29.8 Å². The fourth-order valence-corrected chi connectivity index (χ4v) is 3.86. The number of hydrogen-bond acceptors (Lipinski definition) is 3. The zero-order chi connectivity index (χ0) is 14.4. The summed E-state index contributed by atoms with van der Waals surface area (Å²) in [6.07, 6.45) is 2.44. The molecule has 1 N–H and O–H groups in total. The van der Waals surface area contributed by atoms with E-state index in [0.29, 0.717) is 32.1 Å². The molecule has 20 heavy (non-hydrogen) atoms. The lowest BCUT2D eigenvalue weighted by Gasteiger charge is -2.44. The van der Waals surface area contributed by atoms with Crippen molar-refractivity contribution < 1.29 is 14.7 Å². The number of fused-ring (bicyclic) bond motifs is 1. The van der Waals surface area contributed by atoms with Crippen LogP contribution in [0.15, 0.2) is 24.3 Å². The Morgan fingerprint density at radius 2 is 1.80 bits per heavy atom. The highest BCUT2D eigenvalue weighted by Crippen LogP contribution is 2.53. The molecule has 3 heteroatoms. The molecule has 1 aromatic rings. The zero-order valence-electron chi connectivity index (χ0n) is 11.8. The Morgan fingerprint density at radius 3 is 2.50 bits per heavy atom. The van der Waals surface area contributed by atoms with Crippen LogP contribution in [0.5, 0.6) is 0 Å². The van der Waals surface area contributed by atoms with E-state index in [4.69, 9.17) is 0 Å². The lowest BCUT2D eigenvalue weighted by molar-refractivity contribution is -0.151. The first-order valence-electron chi connectivity index (χ1n) is 7.28. The van der Waals surface area contributed by atoms with Crippen LogP contribution in [0.3, 0.4) is 0 Å². The van der Waals surface area contributed by atoms with Crippen LogP contribution in [0.2, 0.25) is 0 Å². The Balaban J connectivity index is 1.96. The highest BCUT2D eigenvalue weighted by Gasteiger charge is 2.61. The van der Waals surface area contributed by atoms with Crippen LogP contribution >= 0.6 is 0 Å². The number of carbonyl (C=O) groups is 2. The number of aryl methyl sites for hydroxylation is 1. The van der Waals surface area contributed by atoms with E-state index in [-0.39, 0.29) is 18.0 Å². The minimum Gasteiger partial charge on any atom is -0.388 e. The van der Waals surface area contributed by atoms with Crippen LogP contribution in [0.1, 0.15) is 43.2 Å². The van der Waals surface area contributed by atoms with Crippen molar-refractivity contribution in [2.45, 2.75) is 51.0 Å². The van der Waals surface area contributed by atoms with Crippen molar-refractivity contribution in [1.82, 2.24) is 0 Å². The summed E-state index contributed by atoms with van der Waals surface area (Å²) in [6.45, 7) is 2.03. The average molecular weight is 272 g/mol. The summed E-state index contributed by atoms with van der Waals surface area (Å²) in [4.78, 5) is 24.1. The first-order chi connectivity index (χ1) is 9.45. The van der Waals surface area contributed by atoms with Gasteiger partial charge in [-0.15, -0.1) is 0 Å². The molecule has 2 aliphatic rings. The Hall–Kier alpha value is -1.48. The van der Waals surface area contributed by atoms with Gasteiger partial charge in [0.15, 0.2) is 0 Å². The fourth-order valence-electron chi connectivity index (χ4n) is 3.86. The largest absolute Gasteiger partial charge is 0.388 e. The monoisotopic (exact) mass is 272 g/mol. The number of benzene rings is 1. The van der Waals surface area contributed by atoms with Crippen LogP contribution < -0.4 is 0 Å². The molecule has 0 unspecified atom stereocenters. The van der Waals surface area contributed by atoms with Gasteiger partial charge in [-0.2, -0.15) is 0 Å². The maximum absolute atomic E-state index is 12.4. The van der Waals surface area contributed by atoms with Gasteiger partial charge < -0.3 is 5.11 Å². The summed E-state index contributed by atoms with van der Waals surface area (Å²) in [5.41, 5.74) is 0.386. The normalized spacial score (nSPS) is 33.3. The number of hydrogen-bond donors (Lipinski definition) is 1. The second-order valence-electron chi connectivity index (χ2n) is 6.41. The van der Waals surface area contributed by atoms with Crippen LogP contribution in [-0.4, -0.2) is 22.3 Å². The van der Waals surface area contributed by atoms with Gasteiger partial charge in [0.2, 0.25) is 0 Å². The number of carbonyl (C=O) groups excluding carboxylic acids is 2. The van der Waals surface area contributed by atoms with Crippen LogP contribution in [0.25, 0.3) is 0 Å². The van der Waals surface area contributed by atoms with Crippen molar-refractivity contribution in [3.05, 3.63) is 35.4 Å². The molecule has 2 aliphatic carbocycles. The van der Waals surface area contributed by atoms with Crippen molar-refractivity contribution >= 4 is 11.6 Å². The lowest BCUT2D eigenvalue weighted by Crippen LogP contribution is -2.53. The topological polar surface area (TPSA) is 54.4 Å². The predicted molar refractivity (Wildman–Crippen MR) is 75.4 cm³/mol. The summed E-state index contributed by atoms with van der Waals surface area (Å²) in [5.74, 6) is 0.217. The van der Waals surface area contributed by atoms with Crippen molar-refractivity contribution in [2.24, 2.45) is 5.41 Å². The van der Waals surface area contributed by atoms with Gasteiger partial charge in [0, 0.05) is 19.3 Å². The second kappa shape index (κ2) is 4.52. The molecule has 1 aromatic carbocycles. The second-order valence-corrected chi connectivity index (χ2v) is 6.41. The van der Waals surface area contributed by atoms with Gasteiger partial charge in [0.25, 0.3) is 0 Å². The highest BCUT2D eigenvalue weighted by atomic mass is 16.3. The van der Waals surface area contributed by atoms with Crippen molar-refractivity contribution in [1.29, 1.82) is 0 Å². The first-order valence-corrected chi connectivity index (χ1v) is 7.28. The molecule has 0 spiro atoms. The molecule has 0 bridgehead atoms.